The van der Waals surface area contributed by atoms with E-state index in [-0.39, 0.29) is 0 Å². The van der Waals surface area contributed by atoms with E-state index in [1.807, 2.05) is 27.8 Å². The van der Waals surface area contributed by atoms with Crippen LogP contribution in [-0.4, -0.2) is 16.1 Å². The molecule has 1 aromatic rings. The van der Waals surface area contributed by atoms with Gasteiger partial charge in [0.15, 0.2) is 6.29 Å². The summed E-state index contributed by atoms with van der Waals surface area (Å²) >= 11 is 0. The summed E-state index contributed by atoms with van der Waals surface area (Å²) in [4.78, 5) is 10.5. The smallest absolute Gasteiger partial charge is 0.170 e. The van der Waals surface area contributed by atoms with E-state index in [4.69, 9.17) is 0 Å². The summed E-state index contributed by atoms with van der Waals surface area (Å²) in [6.07, 6.45) is 0.807. The van der Waals surface area contributed by atoms with Gasteiger partial charge in [0.2, 0.25) is 0 Å². The van der Waals surface area contributed by atoms with Gasteiger partial charge in [-0.3, -0.25) is 9.48 Å². The molecule has 0 unspecified atom stereocenters. The molecule has 0 N–H and O–H groups in total. The van der Waals surface area contributed by atoms with Gasteiger partial charge in [0, 0.05) is 18.3 Å². The van der Waals surface area contributed by atoms with Gasteiger partial charge in [-0.1, -0.05) is 27.7 Å². The number of rotatable bonds is 2. The minimum Gasteiger partial charge on any atom is -0.296 e. The van der Waals surface area contributed by atoms with Gasteiger partial charge < -0.3 is 0 Å². The fraction of sp³-hybridized carbons (Fsp3) is 0.636. The van der Waals surface area contributed by atoms with Crippen LogP contribution in [0.4, 0.5) is 0 Å². The second-order valence-corrected chi connectivity index (χ2v) is 3.29. The molecule has 14 heavy (non-hydrogen) atoms. The first-order valence-corrected chi connectivity index (χ1v) is 5.06. The van der Waals surface area contributed by atoms with Crippen LogP contribution in [-0.2, 0) is 7.05 Å². The van der Waals surface area contributed by atoms with Crippen molar-refractivity contribution in [1.82, 2.24) is 9.78 Å². The Bertz CT molecular complexity index is 300. The predicted molar refractivity (Wildman–Crippen MR) is 58.8 cm³/mol. The van der Waals surface area contributed by atoms with Crippen molar-refractivity contribution in [2.75, 3.05) is 0 Å². The normalized spacial score (nSPS) is 9.64. The van der Waals surface area contributed by atoms with Crippen LogP contribution in [0.15, 0.2) is 0 Å². The molecule has 1 aromatic heterocycles. The van der Waals surface area contributed by atoms with E-state index >= 15 is 0 Å². The molecule has 0 spiro atoms. The van der Waals surface area contributed by atoms with E-state index in [2.05, 4.69) is 18.9 Å². The molecule has 0 saturated heterocycles. The molecule has 0 atom stereocenters. The average molecular weight is 196 g/mol. The lowest BCUT2D eigenvalue weighted by molar-refractivity contribution is 0.111. The molecule has 0 saturated carbocycles. The first kappa shape index (κ1) is 12.9. The first-order chi connectivity index (χ1) is 6.57. The highest BCUT2D eigenvalue weighted by Crippen LogP contribution is 2.19. The van der Waals surface area contributed by atoms with Crippen LogP contribution < -0.4 is 0 Å². The summed E-state index contributed by atoms with van der Waals surface area (Å²) in [6, 6.07) is 0. The van der Waals surface area contributed by atoms with E-state index in [0.29, 0.717) is 11.6 Å². The van der Waals surface area contributed by atoms with Crippen LogP contribution in [0, 0.1) is 6.92 Å². The van der Waals surface area contributed by atoms with Crippen LogP contribution in [0.1, 0.15) is 55.4 Å². The van der Waals surface area contributed by atoms with Crippen molar-refractivity contribution >= 4 is 6.29 Å². The number of nitrogens with zero attached hydrogens (tertiary/aromatic N) is 2. The highest BCUT2D eigenvalue weighted by molar-refractivity contribution is 5.74. The summed E-state index contributed by atoms with van der Waals surface area (Å²) in [7, 11) is 1.87. The van der Waals surface area contributed by atoms with Crippen LogP contribution in [0.3, 0.4) is 0 Å². The van der Waals surface area contributed by atoms with E-state index < -0.39 is 0 Å². The van der Waals surface area contributed by atoms with Crippen molar-refractivity contribution in [2.24, 2.45) is 7.05 Å². The standard InChI is InChI=1S/C9H14N2O.C2H6/c1-6(2)9-7(3)8(5-12)10-11(9)4;1-2/h5-6H,1-4H3;1-2H3. The summed E-state index contributed by atoms with van der Waals surface area (Å²) in [5.74, 6) is 0.413. The van der Waals surface area contributed by atoms with Crippen molar-refractivity contribution in [1.29, 1.82) is 0 Å². The summed E-state index contributed by atoms with van der Waals surface area (Å²) in [5, 5.41) is 4.10. The number of carbonyl (C=O) groups is 1. The van der Waals surface area contributed by atoms with E-state index in [1.165, 1.54) is 0 Å². The lowest BCUT2D eigenvalue weighted by Gasteiger charge is -2.05. The molecule has 0 aromatic carbocycles. The average Bonchev–Trinajstić information content (AvgIpc) is 2.44. The topological polar surface area (TPSA) is 34.9 Å². The second kappa shape index (κ2) is 5.58. The van der Waals surface area contributed by atoms with Crippen molar-refractivity contribution in [3.8, 4) is 0 Å². The maximum Gasteiger partial charge on any atom is 0.170 e. The Labute approximate surface area is 86.1 Å². The Morgan fingerprint density at radius 3 is 2.07 bits per heavy atom. The Morgan fingerprint density at radius 1 is 1.36 bits per heavy atom. The summed E-state index contributed by atoms with van der Waals surface area (Å²) < 4.78 is 1.78. The number of hydrogen-bond acceptors (Lipinski definition) is 2. The van der Waals surface area contributed by atoms with Gasteiger partial charge in [0.25, 0.3) is 0 Å². The Kier molecular flexibility index (Phi) is 5.13. The quantitative estimate of drug-likeness (QED) is 0.682. The molecule has 0 aliphatic heterocycles. The predicted octanol–water partition coefficient (Wildman–Crippen LogP) is 2.69. The van der Waals surface area contributed by atoms with E-state index in [0.717, 1.165) is 17.5 Å². The third-order valence-electron chi connectivity index (χ3n) is 2.03. The number of aromatic nitrogens is 2. The van der Waals surface area contributed by atoms with Gasteiger partial charge in [-0.05, 0) is 12.8 Å². The third kappa shape index (κ3) is 2.44. The molecule has 3 nitrogen and oxygen atoms in total. The highest BCUT2D eigenvalue weighted by atomic mass is 16.1. The molecule has 80 valence electrons. The molecule has 0 fully saturated rings. The van der Waals surface area contributed by atoms with Crippen LogP contribution >= 0.6 is 0 Å². The van der Waals surface area contributed by atoms with Crippen LogP contribution in [0.25, 0.3) is 0 Å². The minimum absolute atomic E-state index is 0.413. The maximum atomic E-state index is 10.5. The van der Waals surface area contributed by atoms with Gasteiger partial charge >= 0.3 is 0 Å². The SMILES string of the molecule is CC.Cc1c(C=O)nn(C)c1C(C)C. The molecule has 3 heteroatoms. The fourth-order valence-corrected chi connectivity index (χ4v) is 1.58. The first-order valence-electron chi connectivity index (χ1n) is 5.06. The molecule has 0 radical (unpaired) electrons. The van der Waals surface area contributed by atoms with Crippen molar-refractivity contribution < 1.29 is 4.79 Å². The molecule has 1 heterocycles. The number of carbonyl (C=O) groups excluding carboxylic acids is 1. The van der Waals surface area contributed by atoms with Crippen LogP contribution in [0.5, 0.6) is 0 Å². The summed E-state index contributed by atoms with van der Waals surface area (Å²) in [5.41, 5.74) is 2.70. The van der Waals surface area contributed by atoms with Crippen LogP contribution in [0.2, 0.25) is 0 Å². The van der Waals surface area contributed by atoms with Crippen molar-refractivity contribution in [2.45, 2.75) is 40.5 Å². The lowest BCUT2D eigenvalue weighted by atomic mass is 10.1. The Hall–Kier alpha value is -1.12. The number of aryl methyl sites for hydroxylation is 1. The monoisotopic (exact) mass is 196 g/mol. The van der Waals surface area contributed by atoms with E-state index in [9.17, 15) is 4.79 Å². The molecule has 1 rings (SSSR count). The third-order valence-corrected chi connectivity index (χ3v) is 2.03. The zero-order valence-corrected chi connectivity index (χ0v) is 9.96. The van der Waals surface area contributed by atoms with Gasteiger partial charge in [0.1, 0.15) is 5.69 Å². The molecule has 0 amide bonds. The van der Waals surface area contributed by atoms with Crippen molar-refractivity contribution in [3.05, 3.63) is 17.0 Å². The molecule has 0 aliphatic carbocycles. The zero-order valence-electron chi connectivity index (χ0n) is 9.96. The Morgan fingerprint density at radius 2 is 1.86 bits per heavy atom. The number of aldehydes is 1. The van der Waals surface area contributed by atoms with Gasteiger partial charge in [0.05, 0.1) is 0 Å². The van der Waals surface area contributed by atoms with Gasteiger partial charge in [-0.25, -0.2) is 0 Å². The van der Waals surface area contributed by atoms with Crippen molar-refractivity contribution in [3.63, 3.8) is 0 Å². The molecule has 0 aliphatic rings. The second-order valence-electron chi connectivity index (χ2n) is 3.29. The maximum absolute atomic E-state index is 10.5. The molecular formula is C11H20N2O. The largest absolute Gasteiger partial charge is 0.296 e. The van der Waals surface area contributed by atoms with Gasteiger partial charge in [-0.15, -0.1) is 0 Å². The number of hydrogen-bond donors (Lipinski definition) is 0. The van der Waals surface area contributed by atoms with E-state index in [1.54, 1.807) is 4.68 Å². The summed E-state index contributed by atoms with van der Waals surface area (Å²) in [6.45, 7) is 10.1. The lowest BCUT2D eigenvalue weighted by Crippen LogP contribution is -2.00. The fourth-order valence-electron chi connectivity index (χ4n) is 1.58. The van der Waals surface area contributed by atoms with Gasteiger partial charge in [-0.2, -0.15) is 5.10 Å². The Balaban J connectivity index is 0.000000791. The minimum atomic E-state index is 0.413. The molecule has 0 bridgehead atoms. The highest BCUT2D eigenvalue weighted by Gasteiger charge is 2.13. The molecular weight excluding hydrogens is 176 g/mol. The zero-order chi connectivity index (χ0) is 11.3.